The van der Waals surface area contributed by atoms with E-state index in [0.29, 0.717) is 6.61 Å². The highest BCUT2D eigenvalue weighted by Crippen LogP contribution is 2.38. The van der Waals surface area contributed by atoms with E-state index >= 15 is 0 Å². The van der Waals surface area contributed by atoms with Crippen LogP contribution in [-0.4, -0.2) is 11.7 Å². The molecule has 0 fully saturated rings. The molecule has 2 aromatic rings. The Labute approximate surface area is 99.6 Å². The molecular weight excluding hydrogens is 216 g/mol. The van der Waals surface area contributed by atoms with Crippen LogP contribution in [0, 0.1) is 0 Å². The fourth-order valence-corrected chi connectivity index (χ4v) is 2.01. The van der Waals surface area contributed by atoms with Crippen molar-refractivity contribution in [2.24, 2.45) is 0 Å². The van der Waals surface area contributed by atoms with E-state index < -0.39 is 0 Å². The van der Waals surface area contributed by atoms with Crippen LogP contribution in [0.15, 0.2) is 28.8 Å². The summed E-state index contributed by atoms with van der Waals surface area (Å²) in [7, 11) is 0. The zero-order valence-corrected chi connectivity index (χ0v) is 9.69. The van der Waals surface area contributed by atoms with Crippen LogP contribution in [0.2, 0.25) is 0 Å². The largest absolute Gasteiger partial charge is 0.488 e. The standard InChI is InChI=1S/C13H14N2O2/c1-2-14-7-11-10-8-16-12-6-4-3-5-9(12)13(10)17-15-11/h3-6,14H,2,7-8H2,1H3. The van der Waals surface area contributed by atoms with Gasteiger partial charge in [-0.15, -0.1) is 0 Å². The highest BCUT2D eigenvalue weighted by atomic mass is 16.5. The number of aromatic nitrogens is 1. The van der Waals surface area contributed by atoms with E-state index in [1.165, 1.54) is 0 Å². The lowest BCUT2D eigenvalue weighted by Gasteiger charge is -2.15. The third-order valence-corrected chi connectivity index (χ3v) is 2.92. The van der Waals surface area contributed by atoms with E-state index in [9.17, 15) is 0 Å². The van der Waals surface area contributed by atoms with Crippen molar-refractivity contribution in [2.45, 2.75) is 20.1 Å². The summed E-state index contributed by atoms with van der Waals surface area (Å²) in [6, 6.07) is 7.88. The van der Waals surface area contributed by atoms with E-state index in [2.05, 4.69) is 17.4 Å². The van der Waals surface area contributed by atoms with Gasteiger partial charge >= 0.3 is 0 Å². The van der Waals surface area contributed by atoms with Crippen LogP contribution < -0.4 is 10.1 Å². The second-order valence-corrected chi connectivity index (χ2v) is 4.00. The number of nitrogens with zero attached hydrogens (tertiary/aromatic N) is 1. The first-order valence-electron chi connectivity index (χ1n) is 5.80. The summed E-state index contributed by atoms with van der Waals surface area (Å²) in [4.78, 5) is 0. The molecule has 88 valence electrons. The third-order valence-electron chi connectivity index (χ3n) is 2.92. The molecule has 4 heteroatoms. The predicted molar refractivity (Wildman–Crippen MR) is 63.7 cm³/mol. The predicted octanol–water partition coefficient (Wildman–Crippen LogP) is 2.34. The zero-order valence-electron chi connectivity index (χ0n) is 9.69. The molecule has 1 aliphatic rings. The van der Waals surface area contributed by atoms with Gasteiger partial charge in [-0.25, -0.2) is 0 Å². The molecule has 17 heavy (non-hydrogen) atoms. The lowest BCUT2D eigenvalue weighted by molar-refractivity contribution is 0.297. The molecule has 0 saturated carbocycles. The lowest BCUT2D eigenvalue weighted by atomic mass is 10.0. The van der Waals surface area contributed by atoms with Crippen molar-refractivity contribution >= 4 is 0 Å². The van der Waals surface area contributed by atoms with E-state index in [0.717, 1.165) is 41.4 Å². The summed E-state index contributed by atoms with van der Waals surface area (Å²) in [6.07, 6.45) is 0. The van der Waals surface area contributed by atoms with Gasteiger partial charge in [0.25, 0.3) is 0 Å². The Kier molecular flexibility index (Phi) is 2.57. The lowest BCUT2D eigenvalue weighted by Crippen LogP contribution is -2.14. The summed E-state index contributed by atoms with van der Waals surface area (Å²) in [6.45, 7) is 4.24. The first kappa shape index (κ1) is 10.4. The van der Waals surface area contributed by atoms with Gasteiger partial charge in [0, 0.05) is 6.54 Å². The Hall–Kier alpha value is -1.81. The normalized spacial score (nSPS) is 12.8. The minimum absolute atomic E-state index is 0.538. The number of fused-ring (bicyclic) bond motifs is 3. The van der Waals surface area contributed by atoms with Crippen molar-refractivity contribution in [3.05, 3.63) is 35.5 Å². The van der Waals surface area contributed by atoms with Gasteiger partial charge in [-0.3, -0.25) is 0 Å². The van der Waals surface area contributed by atoms with Crippen molar-refractivity contribution in [1.29, 1.82) is 0 Å². The van der Waals surface area contributed by atoms with Gasteiger partial charge in [0.05, 0.1) is 11.1 Å². The summed E-state index contributed by atoms with van der Waals surface area (Å²) < 4.78 is 11.1. The smallest absolute Gasteiger partial charge is 0.177 e. The Bertz CT molecular complexity index is 534. The number of ether oxygens (including phenoxy) is 1. The average Bonchev–Trinajstić information content (AvgIpc) is 2.80. The van der Waals surface area contributed by atoms with E-state index in [1.54, 1.807) is 0 Å². The Morgan fingerprint density at radius 3 is 3.12 bits per heavy atom. The van der Waals surface area contributed by atoms with Gasteiger partial charge in [-0.2, -0.15) is 0 Å². The zero-order chi connectivity index (χ0) is 11.7. The third kappa shape index (κ3) is 1.70. The van der Waals surface area contributed by atoms with Crippen molar-refractivity contribution in [3.8, 4) is 17.1 Å². The molecule has 0 radical (unpaired) electrons. The molecule has 4 nitrogen and oxygen atoms in total. The monoisotopic (exact) mass is 230 g/mol. The minimum atomic E-state index is 0.538. The van der Waals surface area contributed by atoms with E-state index in [4.69, 9.17) is 9.26 Å². The van der Waals surface area contributed by atoms with E-state index in [-0.39, 0.29) is 0 Å². The molecule has 0 aliphatic carbocycles. The van der Waals surface area contributed by atoms with Crippen LogP contribution in [0.5, 0.6) is 5.75 Å². The molecule has 1 aromatic heterocycles. The molecule has 1 aromatic carbocycles. The van der Waals surface area contributed by atoms with Gasteiger partial charge in [0.15, 0.2) is 5.76 Å². The minimum Gasteiger partial charge on any atom is -0.488 e. The van der Waals surface area contributed by atoms with Crippen LogP contribution in [0.3, 0.4) is 0 Å². The number of benzene rings is 1. The molecule has 0 saturated heterocycles. The van der Waals surface area contributed by atoms with Crippen LogP contribution in [0.4, 0.5) is 0 Å². The summed E-state index contributed by atoms with van der Waals surface area (Å²) >= 11 is 0. The number of rotatable bonds is 3. The average molecular weight is 230 g/mol. The fraction of sp³-hybridized carbons (Fsp3) is 0.308. The number of para-hydroxylation sites is 1. The first-order chi connectivity index (χ1) is 8.40. The van der Waals surface area contributed by atoms with Crippen LogP contribution in [0.25, 0.3) is 11.3 Å². The van der Waals surface area contributed by atoms with Crippen LogP contribution >= 0.6 is 0 Å². The van der Waals surface area contributed by atoms with Gasteiger partial charge in [0.2, 0.25) is 0 Å². The molecule has 1 N–H and O–H groups in total. The number of hydrogen-bond acceptors (Lipinski definition) is 4. The highest BCUT2D eigenvalue weighted by molar-refractivity contribution is 5.70. The molecular formula is C13H14N2O2. The quantitative estimate of drug-likeness (QED) is 0.879. The Morgan fingerprint density at radius 1 is 1.35 bits per heavy atom. The van der Waals surface area contributed by atoms with Gasteiger partial charge in [0.1, 0.15) is 18.1 Å². The summed E-state index contributed by atoms with van der Waals surface area (Å²) in [5, 5.41) is 7.36. The maximum Gasteiger partial charge on any atom is 0.177 e. The highest BCUT2D eigenvalue weighted by Gasteiger charge is 2.24. The summed E-state index contributed by atoms with van der Waals surface area (Å²) in [5.41, 5.74) is 2.99. The van der Waals surface area contributed by atoms with Gasteiger partial charge in [-0.05, 0) is 18.7 Å². The number of nitrogens with one attached hydrogen (secondary N) is 1. The molecule has 0 spiro atoms. The summed E-state index contributed by atoms with van der Waals surface area (Å²) in [5.74, 6) is 1.71. The second kappa shape index (κ2) is 4.22. The molecule has 1 aliphatic heterocycles. The van der Waals surface area contributed by atoms with Crippen LogP contribution in [0.1, 0.15) is 18.2 Å². The van der Waals surface area contributed by atoms with Crippen LogP contribution in [-0.2, 0) is 13.2 Å². The molecule has 0 unspecified atom stereocenters. The molecule has 3 rings (SSSR count). The maximum atomic E-state index is 5.70. The van der Waals surface area contributed by atoms with Crippen molar-refractivity contribution in [1.82, 2.24) is 10.5 Å². The Morgan fingerprint density at radius 2 is 2.24 bits per heavy atom. The topological polar surface area (TPSA) is 47.3 Å². The Balaban J connectivity index is 2.01. The first-order valence-corrected chi connectivity index (χ1v) is 5.80. The fourth-order valence-electron chi connectivity index (χ4n) is 2.01. The van der Waals surface area contributed by atoms with E-state index in [1.807, 2.05) is 24.3 Å². The van der Waals surface area contributed by atoms with Gasteiger partial charge in [-0.1, -0.05) is 24.2 Å². The molecule has 2 heterocycles. The van der Waals surface area contributed by atoms with Crippen molar-refractivity contribution in [2.75, 3.05) is 6.54 Å². The molecule has 0 amide bonds. The van der Waals surface area contributed by atoms with Crippen molar-refractivity contribution < 1.29 is 9.26 Å². The molecule has 0 bridgehead atoms. The maximum absolute atomic E-state index is 5.70. The van der Waals surface area contributed by atoms with Gasteiger partial charge < -0.3 is 14.6 Å². The molecule has 0 atom stereocenters. The SMILES string of the molecule is CCNCc1noc2c1COc1ccccc1-2. The second-order valence-electron chi connectivity index (χ2n) is 4.00. The van der Waals surface area contributed by atoms with Crippen molar-refractivity contribution in [3.63, 3.8) is 0 Å². The number of hydrogen-bond donors (Lipinski definition) is 1.